The molecular formula is C36H44F6N10O4. The summed E-state index contributed by atoms with van der Waals surface area (Å²) in [6.45, 7) is -0.922. The molecule has 0 saturated heterocycles. The van der Waals surface area contributed by atoms with Crippen LogP contribution in [0.4, 0.5) is 38.0 Å². The molecule has 8 rings (SSSR count). The molecule has 14 nitrogen and oxygen atoms in total. The van der Waals surface area contributed by atoms with Crippen molar-refractivity contribution in [1.82, 2.24) is 39.5 Å². The van der Waals surface area contributed by atoms with Gasteiger partial charge in [-0.05, 0) is 37.8 Å². The summed E-state index contributed by atoms with van der Waals surface area (Å²) < 4.78 is 93.7. The maximum atomic E-state index is 13.4. The van der Waals surface area contributed by atoms with Gasteiger partial charge >= 0.3 is 0 Å². The Bertz CT molecular complexity index is 1770. The van der Waals surface area contributed by atoms with E-state index in [2.05, 4.69) is 40.8 Å². The van der Waals surface area contributed by atoms with Crippen molar-refractivity contribution in [3.63, 3.8) is 0 Å². The number of alkyl halides is 6. The minimum atomic E-state index is -2.62. The van der Waals surface area contributed by atoms with Crippen molar-refractivity contribution in [3.8, 4) is 23.7 Å². The molecule has 0 aliphatic heterocycles. The van der Waals surface area contributed by atoms with Crippen LogP contribution in [0.3, 0.4) is 0 Å². The Morgan fingerprint density at radius 1 is 0.696 bits per heavy atom. The van der Waals surface area contributed by atoms with Crippen LogP contribution < -0.4 is 20.1 Å². The number of aliphatic hydroxyl groups is 2. The van der Waals surface area contributed by atoms with Crippen LogP contribution in [-0.4, -0.2) is 98.1 Å². The van der Waals surface area contributed by atoms with Crippen LogP contribution in [0, 0.1) is 0 Å². The molecule has 0 bridgehead atoms. The minimum absolute atomic E-state index is 0.105. The van der Waals surface area contributed by atoms with Crippen LogP contribution in [0.15, 0.2) is 36.7 Å². The Kier molecular flexibility index (Phi) is 11.8. The second-order valence-electron chi connectivity index (χ2n) is 14.8. The SMILES string of the molecule is FCc1ccn(-c2nc(NC3CCC(F)(F)CC3)cc(OC3CC(F)C3)n2)n1.OCc1ccn(-c2nc(NC3CCC(F)(F)CC3)cc(OC3CC(O)C3)n2)n1. The van der Waals surface area contributed by atoms with E-state index in [1.54, 1.807) is 24.4 Å². The first-order chi connectivity index (χ1) is 26.8. The van der Waals surface area contributed by atoms with Gasteiger partial charge in [-0.15, -0.1) is 0 Å². The average Bonchev–Trinajstić information content (AvgIpc) is 3.83. The summed E-state index contributed by atoms with van der Waals surface area (Å²) in [6, 6.07) is 6.11. The van der Waals surface area contributed by atoms with Crippen LogP contribution >= 0.6 is 0 Å². The summed E-state index contributed by atoms with van der Waals surface area (Å²) in [5.41, 5.74) is 0.708. The van der Waals surface area contributed by atoms with Gasteiger partial charge in [0.05, 0.1) is 24.1 Å². The van der Waals surface area contributed by atoms with E-state index in [0.717, 1.165) is 0 Å². The highest BCUT2D eigenvalue weighted by atomic mass is 19.3. The summed E-state index contributed by atoms with van der Waals surface area (Å²) in [5, 5.41) is 33.3. The largest absolute Gasteiger partial charge is 0.474 e. The number of anilines is 2. The van der Waals surface area contributed by atoms with E-state index in [1.807, 2.05) is 0 Å². The topological polar surface area (TPSA) is 170 Å². The van der Waals surface area contributed by atoms with Crippen molar-refractivity contribution >= 4 is 11.6 Å². The first-order valence-electron chi connectivity index (χ1n) is 18.8. The van der Waals surface area contributed by atoms with Gasteiger partial charge in [0, 0.05) is 88.0 Å². The lowest BCUT2D eigenvalue weighted by Crippen LogP contribution is -2.37. The highest BCUT2D eigenvalue weighted by molar-refractivity contribution is 5.43. The summed E-state index contributed by atoms with van der Waals surface area (Å²) in [4.78, 5) is 17.4. The average molecular weight is 795 g/mol. The molecule has 0 amide bonds. The molecule has 0 unspecified atom stereocenters. The predicted octanol–water partition coefficient (Wildman–Crippen LogP) is 6.05. The van der Waals surface area contributed by atoms with Crippen molar-refractivity contribution in [2.24, 2.45) is 0 Å². The second-order valence-corrected chi connectivity index (χ2v) is 14.8. The fourth-order valence-corrected chi connectivity index (χ4v) is 6.76. The zero-order chi connectivity index (χ0) is 39.5. The number of hydrogen-bond acceptors (Lipinski definition) is 12. The van der Waals surface area contributed by atoms with Crippen molar-refractivity contribution in [1.29, 1.82) is 0 Å². The third kappa shape index (κ3) is 10.4. The predicted molar refractivity (Wildman–Crippen MR) is 189 cm³/mol. The molecule has 0 atom stereocenters. The maximum Gasteiger partial charge on any atom is 0.255 e. The second kappa shape index (κ2) is 16.8. The van der Waals surface area contributed by atoms with Gasteiger partial charge in [-0.25, -0.2) is 35.7 Å². The van der Waals surface area contributed by atoms with Gasteiger partial charge in [-0.2, -0.15) is 30.1 Å². The molecule has 4 aromatic rings. The summed E-state index contributed by atoms with van der Waals surface area (Å²) in [5.74, 6) is -3.36. The molecule has 0 radical (unpaired) electrons. The molecule has 4 aliphatic carbocycles. The first-order valence-corrected chi connectivity index (χ1v) is 18.8. The summed E-state index contributed by atoms with van der Waals surface area (Å²) in [7, 11) is 0. The molecule has 4 fully saturated rings. The van der Waals surface area contributed by atoms with Crippen LogP contribution in [0.2, 0.25) is 0 Å². The number of halogens is 6. The highest BCUT2D eigenvalue weighted by Gasteiger charge is 2.37. The zero-order valence-corrected chi connectivity index (χ0v) is 30.4. The number of rotatable bonds is 12. The smallest absolute Gasteiger partial charge is 0.255 e. The quantitative estimate of drug-likeness (QED) is 0.123. The maximum absolute atomic E-state index is 13.4. The Morgan fingerprint density at radius 2 is 1.14 bits per heavy atom. The van der Waals surface area contributed by atoms with Gasteiger partial charge in [-0.1, -0.05) is 0 Å². The Balaban J connectivity index is 0.000000172. The Morgan fingerprint density at radius 3 is 1.54 bits per heavy atom. The fraction of sp³-hybridized carbons (Fsp3) is 0.611. The first kappa shape index (κ1) is 39.5. The van der Waals surface area contributed by atoms with Crippen LogP contribution in [0.1, 0.15) is 88.4 Å². The lowest BCUT2D eigenvalue weighted by molar-refractivity contribution is -0.0366. The van der Waals surface area contributed by atoms with Gasteiger partial charge in [-0.3, -0.25) is 0 Å². The number of nitrogens with zero attached hydrogens (tertiary/aromatic N) is 8. The number of ether oxygens (including phenoxy) is 2. The molecule has 56 heavy (non-hydrogen) atoms. The highest BCUT2D eigenvalue weighted by Crippen LogP contribution is 2.36. The van der Waals surface area contributed by atoms with E-state index in [0.29, 0.717) is 74.6 Å². The third-order valence-corrected chi connectivity index (χ3v) is 10.2. The Labute approximate surface area is 318 Å². The van der Waals surface area contributed by atoms with E-state index in [1.165, 1.54) is 21.6 Å². The lowest BCUT2D eigenvalue weighted by Gasteiger charge is -2.31. The molecule has 0 spiro atoms. The molecule has 20 heteroatoms. The lowest BCUT2D eigenvalue weighted by atomic mass is 9.92. The number of aliphatic hydroxyl groups excluding tert-OH is 2. The standard InChI is InChI=1S/C18H21F4N5O.C18H23F2N5O3/c19-10-13-3-6-27(26-13)17-24-15(23-12-1-4-18(21,22)5-2-12)9-16(25-17)28-14-7-11(20)8-14;19-18(20)4-1-11(2-5-18)21-15-9-16(28-14-7-13(27)8-14)23-17(22-15)25-6-3-12(10-26)24-25/h3,6,9,11-12,14H,1-2,4-5,7-8,10H2,(H,23,24,25);3,6,9,11,13-14,26-27H,1-2,4-5,7-8,10H2,(H,21,22,23). The number of hydrogen-bond donors (Lipinski definition) is 4. The van der Waals surface area contributed by atoms with Gasteiger partial charge in [0.25, 0.3) is 11.9 Å². The van der Waals surface area contributed by atoms with Crippen molar-refractivity contribution in [3.05, 3.63) is 48.0 Å². The molecular weight excluding hydrogens is 750 g/mol. The summed E-state index contributed by atoms with van der Waals surface area (Å²) >= 11 is 0. The number of nitrogens with one attached hydrogen (secondary N) is 2. The molecule has 4 heterocycles. The molecule has 4 aromatic heterocycles. The molecule has 0 aromatic carbocycles. The molecule has 4 N–H and O–H groups in total. The van der Waals surface area contributed by atoms with Gasteiger partial charge < -0.3 is 30.3 Å². The van der Waals surface area contributed by atoms with E-state index in [9.17, 15) is 36.6 Å². The monoisotopic (exact) mass is 794 g/mol. The van der Waals surface area contributed by atoms with Gasteiger partial charge in [0.1, 0.15) is 36.7 Å². The van der Waals surface area contributed by atoms with Crippen LogP contribution in [-0.2, 0) is 13.3 Å². The minimum Gasteiger partial charge on any atom is -0.474 e. The third-order valence-electron chi connectivity index (χ3n) is 10.2. The fourth-order valence-electron chi connectivity index (χ4n) is 6.76. The zero-order valence-electron chi connectivity index (χ0n) is 30.4. The van der Waals surface area contributed by atoms with E-state index < -0.39 is 24.7 Å². The summed E-state index contributed by atoms with van der Waals surface area (Å²) in [6.07, 6.45) is 3.92. The number of aromatic nitrogens is 8. The van der Waals surface area contributed by atoms with Gasteiger partial charge in [0.15, 0.2) is 0 Å². The van der Waals surface area contributed by atoms with E-state index in [4.69, 9.17) is 9.47 Å². The Hall–Kier alpha value is -4.72. The normalized spacial score (nSPS) is 24.6. The van der Waals surface area contributed by atoms with Crippen molar-refractivity contribution in [2.75, 3.05) is 10.6 Å². The molecule has 4 aliphatic rings. The van der Waals surface area contributed by atoms with Crippen molar-refractivity contribution in [2.45, 2.75) is 139 Å². The van der Waals surface area contributed by atoms with E-state index >= 15 is 0 Å². The molecule has 304 valence electrons. The van der Waals surface area contributed by atoms with Crippen LogP contribution in [0.25, 0.3) is 11.9 Å². The van der Waals surface area contributed by atoms with Crippen molar-refractivity contribution < 1.29 is 46.0 Å². The molecule has 4 saturated carbocycles. The van der Waals surface area contributed by atoms with Gasteiger partial charge in [0.2, 0.25) is 23.6 Å². The van der Waals surface area contributed by atoms with Crippen LogP contribution in [0.5, 0.6) is 11.8 Å². The van der Waals surface area contributed by atoms with E-state index in [-0.39, 0.29) is 86.2 Å².